The van der Waals surface area contributed by atoms with Gasteiger partial charge >= 0.3 is 0 Å². The van der Waals surface area contributed by atoms with Crippen LogP contribution in [0.25, 0.3) is 0 Å². The van der Waals surface area contributed by atoms with Crippen LogP contribution in [0, 0.1) is 0 Å². The van der Waals surface area contributed by atoms with E-state index < -0.39 is 15.4 Å². The molecule has 2 saturated heterocycles. The molecule has 128 valence electrons. The Morgan fingerprint density at radius 1 is 1.30 bits per heavy atom. The van der Waals surface area contributed by atoms with Crippen molar-refractivity contribution in [2.24, 2.45) is 0 Å². The fourth-order valence-corrected chi connectivity index (χ4v) is 5.73. The summed E-state index contributed by atoms with van der Waals surface area (Å²) in [5.41, 5.74) is 0.929. The van der Waals surface area contributed by atoms with Crippen LogP contribution in [0.15, 0.2) is 30.3 Å². The van der Waals surface area contributed by atoms with Crippen molar-refractivity contribution in [3.8, 4) is 0 Å². The Hall–Kier alpha value is -0.910. The van der Waals surface area contributed by atoms with Crippen molar-refractivity contribution < 1.29 is 13.2 Å². The molecule has 1 aromatic carbocycles. The van der Waals surface area contributed by atoms with Gasteiger partial charge in [0.05, 0.1) is 17.1 Å². The minimum atomic E-state index is -2.92. The molecule has 0 saturated carbocycles. The largest absolute Gasteiger partial charge is 0.374 e. The van der Waals surface area contributed by atoms with Crippen LogP contribution in [0.5, 0.6) is 0 Å². The SMILES string of the molecule is CC(C)(CN[C@@H]1CCO[C@]2(CCS(=O)(=O)C2)C1)c1ccccc1. The van der Waals surface area contributed by atoms with Gasteiger partial charge in [-0.1, -0.05) is 44.2 Å². The lowest BCUT2D eigenvalue weighted by atomic mass is 9.83. The smallest absolute Gasteiger partial charge is 0.153 e. The third-order valence-electron chi connectivity index (χ3n) is 5.23. The van der Waals surface area contributed by atoms with Crippen LogP contribution in [0.1, 0.15) is 38.7 Å². The number of hydrogen-bond acceptors (Lipinski definition) is 4. The van der Waals surface area contributed by atoms with E-state index in [1.54, 1.807) is 0 Å². The lowest BCUT2D eigenvalue weighted by molar-refractivity contribution is -0.0707. The number of benzene rings is 1. The van der Waals surface area contributed by atoms with E-state index in [9.17, 15) is 8.42 Å². The molecule has 0 aromatic heterocycles. The van der Waals surface area contributed by atoms with Gasteiger partial charge in [0, 0.05) is 24.6 Å². The first-order valence-corrected chi connectivity index (χ1v) is 10.3. The molecule has 1 spiro atoms. The van der Waals surface area contributed by atoms with E-state index >= 15 is 0 Å². The fraction of sp³-hybridized carbons (Fsp3) is 0.667. The Labute approximate surface area is 139 Å². The molecule has 0 bridgehead atoms. The van der Waals surface area contributed by atoms with Crippen molar-refractivity contribution >= 4 is 9.84 Å². The van der Waals surface area contributed by atoms with Gasteiger partial charge < -0.3 is 10.1 Å². The van der Waals surface area contributed by atoms with E-state index in [-0.39, 0.29) is 16.9 Å². The normalized spacial score (nSPS) is 30.6. The van der Waals surface area contributed by atoms with E-state index in [2.05, 4.69) is 43.4 Å². The molecule has 0 unspecified atom stereocenters. The minimum absolute atomic E-state index is 0.0501. The first-order chi connectivity index (χ1) is 10.8. The molecular weight excluding hydrogens is 310 g/mol. The van der Waals surface area contributed by atoms with Crippen LogP contribution in [-0.2, 0) is 20.0 Å². The molecule has 4 nitrogen and oxygen atoms in total. The molecule has 1 N–H and O–H groups in total. The van der Waals surface area contributed by atoms with Crippen LogP contribution >= 0.6 is 0 Å². The molecule has 0 aliphatic carbocycles. The maximum atomic E-state index is 11.8. The zero-order valence-electron chi connectivity index (χ0n) is 14.0. The molecule has 0 amide bonds. The highest BCUT2D eigenvalue weighted by molar-refractivity contribution is 7.91. The quantitative estimate of drug-likeness (QED) is 0.916. The second-order valence-electron chi connectivity index (χ2n) is 7.69. The maximum Gasteiger partial charge on any atom is 0.153 e. The zero-order valence-corrected chi connectivity index (χ0v) is 14.9. The van der Waals surface area contributed by atoms with Gasteiger partial charge in [0.2, 0.25) is 0 Å². The molecule has 2 atom stereocenters. The molecule has 5 heteroatoms. The molecule has 2 aliphatic heterocycles. The summed E-state index contributed by atoms with van der Waals surface area (Å²) in [6, 6.07) is 10.8. The molecule has 2 fully saturated rings. The zero-order chi connectivity index (χ0) is 16.6. The molecule has 2 aliphatic rings. The summed E-state index contributed by atoms with van der Waals surface area (Å²) >= 11 is 0. The van der Waals surface area contributed by atoms with E-state index in [0.29, 0.717) is 19.1 Å². The number of hydrogen-bond donors (Lipinski definition) is 1. The van der Waals surface area contributed by atoms with Crippen molar-refractivity contribution in [2.45, 2.75) is 50.2 Å². The monoisotopic (exact) mass is 337 g/mol. The summed E-state index contributed by atoms with van der Waals surface area (Å²) in [4.78, 5) is 0. The van der Waals surface area contributed by atoms with Crippen molar-refractivity contribution in [1.29, 1.82) is 0 Å². The summed E-state index contributed by atoms with van der Waals surface area (Å²) in [6.07, 6.45) is 2.40. The predicted octanol–water partition coefficient (Wildman–Crippen LogP) is 2.29. The summed E-state index contributed by atoms with van der Waals surface area (Å²) in [5.74, 6) is 0.468. The fourth-order valence-electron chi connectivity index (χ4n) is 3.75. The summed E-state index contributed by atoms with van der Waals surface area (Å²) in [5, 5.41) is 3.66. The third kappa shape index (κ3) is 3.95. The predicted molar refractivity (Wildman–Crippen MR) is 92.4 cm³/mol. The first-order valence-electron chi connectivity index (χ1n) is 8.44. The van der Waals surface area contributed by atoms with E-state index in [4.69, 9.17) is 4.74 Å². The highest BCUT2D eigenvalue weighted by atomic mass is 32.2. The Balaban J connectivity index is 1.60. The van der Waals surface area contributed by atoms with E-state index in [0.717, 1.165) is 19.4 Å². The molecular formula is C18H27NO3S. The minimum Gasteiger partial charge on any atom is -0.374 e. The van der Waals surface area contributed by atoms with Gasteiger partial charge in [-0.2, -0.15) is 0 Å². The van der Waals surface area contributed by atoms with Gasteiger partial charge in [0.1, 0.15) is 0 Å². The van der Waals surface area contributed by atoms with Gasteiger partial charge in [-0.25, -0.2) is 8.42 Å². The number of sulfone groups is 1. The van der Waals surface area contributed by atoms with E-state index in [1.807, 2.05) is 6.07 Å². The molecule has 23 heavy (non-hydrogen) atoms. The Bertz CT molecular complexity index is 641. The first kappa shape index (κ1) is 16.9. The van der Waals surface area contributed by atoms with Crippen molar-refractivity contribution in [2.75, 3.05) is 24.7 Å². The lowest BCUT2D eigenvalue weighted by Crippen LogP contribution is -2.50. The number of nitrogens with one attached hydrogen (secondary N) is 1. The Morgan fingerprint density at radius 2 is 2.04 bits per heavy atom. The maximum absolute atomic E-state index is 11.8. The molecule has 3 rings (SSSR count). The standard InChI is InChI=1S/C18H27NO3S/c1-17(2,15-6-4-3-5-7-15)13-19-16-8-10-22-18(12-16)9-11-23(20,21)14-18/h3-7,16,19H,8-14H2,1-2H3/t16-,18-/m1/s1. The molecule has 1 aromatic rings. The van der Waals surface area contributed by atoms with Crippen LogP contribution in [0.4, 0.5) is 0 Å². The van der Waals surface area contributed by atoms with Crippen LogP contribution in [0.3, 0.4) is 0 Å². The molecule has 2 heterocycles. The topological polar surface area (TPSA) is 55.4 Å². The van der Waals surface area contributed by atoms with Crippen molar-refractivity contribution in [3.63, 3.8) is 0 Å². The lowest BCUT2D eigenvalue weighted by Gasteiger charge is -2.39. The third-order valence-corrected chi connectivity index (χ3v) is 7.02. The number of ether oxygens (including phenoxy) is 1. The second-order valence-corrected chi connectivity index (χ2v) is 9.88. The summed E-state index contributed by atoms with van der Waals surface area (Å²) in [7, 11) is -2.92. The Kier molecular flexibility index (Phi) is 4.55. The van der Waals surface area contributed by atoms with Gasteiger partial charge in [-0.15, -0.1) is 0 Å². The van der Waals surface area contributed by atoms with Gasteiger partial charge in [-0.05, 0) is 24.8 Å². The van der Waals surface area contributed by atoms with E-state index in [1.165, 1.54) is 5.56 Å². The number of rotatable bonds is 4. The van der Waals surface area contributed by atoms with Gasteiger partial charge in [-0.3, -0.25) is 0 Å². The van der Waals surface area contributed by atoms with Crippen LogP contribution in [0.2, 0.25) is 0 Å². The second kappa shape index (κ2) is 6.19. The summed E-state index contributed by atoms with van der Waals surface area (Å²) in [6.45, 7) is 6.01. The van der Waals surface area contributed by atoms with Crippen LogP contribution in [-0.4, -0.2) is 44.7 Å². The summed E-state index contributed by atoms with van der Waals surface area (Å²) < 4.78 is 29.5. The van der Waals surface area contributed by atoms with Crippen molar-refractivity contribution in [1.82, 2.24) is 5.32 Å². The van der Waals surface area contributed by atoms with Crippen LogP contribution < -0.4 is 5.32 Å². The Morgan fingerprint density at radius 3 is 2.70 bits per heavy atom. The van der Waals surface area contributed by atoms with Gasteiger partial charge in [0.15, 0.2) is 9.84 Å². The average molecular weight is 337 g/mol. The highest BCUT2D eigenvalue weighted by Crippen LogP contribution is 2.35. The average Bonchev–Trinajstić information content (AvgIpc) is 2.81. The van der Waals surface area contributed by atoms with Gasteiger partial charge in [0.25, 0.3) is 0 Å². The van der Waals surface area contributed by atoms with Crippen molar-refractivity contribution in [3.05, 3.63) is 35.9 Å². The molecule has 0 radical (unpaired) electrons. The highest BCUT2D eigenvalue weighted by Gasteiger charge is 2.46.